The largest absolute Gasteiger partial charge is 0.496 e. The second kappa shape index (κ2) is 6.96. The summed E-state index contributed by atoms with van der Waals surface area (Å²) >= 11 is 0. The van der Waals surface area contributed by atoms with E-state index in [2.05, 4.69) is 10.6 Å². The van der Waals surface area contributed by atoms with E-state index in [0.29, 0.717) is 13.2 Å². The van der Waals surface area contributed by atoms with Gasteiger partial charge in [0.05, 0.1) is 13.2 Å². The Kier molecular flexibility index (Phi) is 4.35. The van der Waals surface area contributed by atoms with Crippen molar-refractivity contribution in [1.82, 2.24) is 10.6 Å². The molecule has 3 aromatic rings. The van der Waals surface area contributed by atoms with Crippen molar-refractivity contribution in [2.24, 2.45) is 0 Å². The Balaban J connectivity index is 1.48. The molecule has 1 aliphatic rings. The predicted molar refractivity (Wildman–Crippen MR) is 101 cm³/mol. The van der Waals surface area contributed by atoms with Crippen LogP contribution in [-0.2, 0) is 6.54 Å². The second-order valence-corrected chi connectivity index (χ2v) is 6.20. The molecule has 1 aliphatic heterocycles. The first-order chi connectivity index (χ1) is 12.8. The second-order valence-electron chi connectivity index (χ2n) is 6.20. The molecule has 5 heteroatoms. The van der Waals surface area contributed by atoms with Crippen molar-refractivity contribution in [3.8, 4) is 11.5 Å². The predicted octanol–water partition coefficient (Wildman–Crippen LogP) is 3.78. The van der Waals surface area contributed by atoms with Gasteiger partial charge in [-0.05, 0) is 22.9 Å². The summed E-state index contributed by atoms with van der Waals surface area (Å²) in [7, 11) is 1.64. The number of hydrogen-bond acceptors (Lipinski definition) is 3. The van der Waals surface area contributed by atoms with Crippen LogP contribution in [0.4, 0.5) is 4.79 Å². The Morgan fingerprint density at radius 1 is 1.12 bits per heavy atom. The van der Waals surface area contributed by atoms with Crippen molar-refractivity contribution in [3.63, 3.8) is 0 Å². The number of hydrogen-bond donors (Lipinski definition) is 2. The molecule has 132 valence electrons. The summed E-state index contributed by atoms with van der Waals surface area (Å²) in [6.07, 6.45) is 0. The van der Waals surface area contributed by atoms with Crippen LogP contribution in [0.3, 0.4) is 0 Å². The molecule has 5 nitrogen and oxygen atoms in total. The van der Waals surface area contributed by atoms with Crippen LogP contribution >= 0.6 is 0 Å². The average Bonchev–Trinajstić information content (AvgIpc) is 3.09. The highest BCUT2D eigenvalue weighted by Gasteiger charge is 2.25. The van der Waals surface area contributed by atoms with Crippen LogP contribution < -0.4 is 20.1 Å². The summed E-state index contributed by atoms with van der Waals surface area (Å²) in [5.74, 6) is 1.59. The molecular formula is C21H20N2O3. The Bertz CT molecular complexity index is 955. The summed E-state index contributed by atoms with van der Waals surface area (Å²) in [6, 6.07) is 19.4. The molecule has 1 heterocycles. The number of amides is 2. The third-order valence-corrected chi connectivity index (χ3v) is 4.65. The number of rotatable bonds is 4. The van der Waals surface area contributed by atoms with Crippen molar-refractivity contribution in [2.75, 3.05) is 13.7 Å². The molecule has 4 rings (SSSR count). The molecule has 0 aliphatic carbocycles. The number of carbonyl (C=O) groups excluding carboxylic acids is 1. The Morgan fingerprint density at radius 3 is 2.81 bits per heavy atom. The quantitative estimate of drug-likeness (QED) is 0.754. The number of benzene rings is 3. The third-order valence-electron chi connectivity index (χ3n) is 4.65. The van der Waals surface area contributed by atoms with E-state index in [0.717, 1.165) is 33.4 Å². The van der Waals surface area contributed by atoms with Gasteiger partial charge in [0.25, 0.3) is 0 Å². The summed E-state index contributed by atoms with van der Waals surface area (Å²) in [4.78, 5) is 12.4. The minimum Gasteiger partial charge on any atom is -0.496 e. The van der Waals surface area contributed by atoms with Crippen molar-refractivity contribution in [2.45, 2.75) is 12.6 Å². The van der Waals surface area contributed by atoms with E-state index in [1.807, 2.05) is 60.7 Å². The zero-order chi connectivity index (χ0) is 17.9. The molecule has 0 bridgehead atoms. The van der Waals surface area contributed by atoms with E-state index in [-0.39, 0.29) is 12.1 Å². The highest BCUT2D eigenvalue weighted by atomic mass is 16.5. The summed E-state index contributed by atoms with van der Waals surface area (Å²) in [5.41, 5.74) is 1.97. The maximum absolute atomic E-state index is 12.4. The molecule has 0 radical (unpaired) electrons. The minimum atomic E-state index is -0.231. The van der Waals surface area contributed by atoms with Gasteiger partial charge in [-0.2, -0.15) is 0 Å². The molecule has 0 saturated carbocycles. The maximum Gasteiger partial charge on any atom is 0.315 e. The highest BCUT2D eigenvalue weighted by Crippen LogP contribution is 2.31. The zero-order valence-electron chi connectivity index (χ0n) is 14.5. The normalized spacial score (nSPS) is 15.2. The van der Waals surface area contributed by atoms with Gasteiger partial charge in [0.2, 0.25) is 0 Å². The summed E-state index contributed by atoms with van der Waals surface area (Å²) in [6.45, 7) is 0.829. The Morgan fingerprint density at radius 2 is 1.92 bits per heavy atom. The highest BCUT2D eigenvalue weighted by molar-refractivity contribution is 5.88. The minimum absolute atomic E-state index is 0.138. The fourth-order valence-corrected chi connectivity index (χ4v) is 3.35. The van der Waals surface area contributed by atoms with Crippen LogP contribution in [0.5, 0.6) is 11.5 Å². The fourth-order valence-electron chi connectivity index (χ4n) is 3.35. The van der Waals surface area contributed by atoms with Gasteiger partial charge in [-0.3, -0.25) is 0 Å². The van der Waals surface area contributed by atoms with Gasteiger partial charge in [0.1, 0.15) is 18.1 Å². The molecule has 0 saturated heterocycles. The van der Waals surface area contributed by atoms with Gasteiger partial charge in [-0.15, -0.1) is 0 Å². The van der Waals surface area contributed by atoms with E-state index < -0.39 is 0 Å². The SMILES string of the molecule is COc1ccc2ccccc2c1CNC(=O)N[C@H]1COc2ccccc21. The molecular weight excluding hydrogens is 328 g/mol. The monoisotopic (exact) mass is 348 g/mol. The van der Waals surface area contributed by atoms with Crippen molar-refractivity contribution in [3.05, 3.63) is 71.8 Å². The lowest BCUT2D eigenvalue weighted by Crippen LogP contribution is -2.38. The van der Waals surface area contributed by atoms with Crippen molar-refractivity contribution in [1.29, 1.82) is 0 Å². The number of ether oxygens (including phenoxy) is 2. The van der Waals surface area contributed by atoms with Gasteiger partial charge in [-0.25, -0.2) is 4.79 Å². The smallest absolute Gasteiger partial charge is 0.315 e. The molecule has 2 amide bonds. The number of nitrogens with one attached hydrogen (secondary N) is 2. The van der Waals surface area contributed by atoms with Crippen LogP contribution in [0.1, 0.15) is 17.2 Å². The number of methoxy groups -OCH3 is 1. The molecule has 1 atom stereocenters. The molecule has 0 spiro atoms. The third kappa shape index (κ3) is 3.04. The Labute approximate surface area is 151 Å². The van der Waals surface area contributed by atoms with Crippen LogP contribution in [0.15, 0.2) is 60.7 Å². The average molecular weight is 348 g/mol. The number of fused-ring (bicyclic) bond motifs is 2. The standard InChI is InChI=1S/C21H20N2O3/c1-25-19-11-10-14-6-2-3-7-15(14)17(19)12-22-21(24)23-18-13-26-20-9-5-4-8-16(18)20/h2-11,18H,12-13H2,1H3,(H2,22,23,24)/t18-/m0/s1. The molecule has 0 unspecified atom stereocenters. The lowest BCUT2D eigenvalue weighted by molar-refractivity contribution is 0.231. The fraction of sp³-hybridized carbons (Fsp3) is 0.190. The van der Waals surface area contributed by atoms with E-state index >= 15 is 0 Å². The number of carbonyl (C=O) groups is 1. The molecule has 26 heavy (non-hydrogen) atoms. The number of para-hydroxylation sites is 1. The molecule has 0 aromatic heterocycles. The Hall–Kier alpha value is -3.21. The van der Waals surface area contributed by atoms with Crippen molar-refractivity contribution >= 4 is 16.8 Å². The maximum atomic E-state index is 12.4. The topological polar surface area (TPSA) is 59.6 Å². The van der Waals surface area contributed by atoms with E-state index in [9.17, 15) is 4.79 Å². The zero-order valence-corrected chi connectivity index (χ0v) is 14.5. The van der Waals surface area contributed by atoms with E-state index in [1.54, 1.807) is 7.11 Å². The summed E-state index contributed by atoms with van der Waals surface area (Å²) in [5, 5.41) is 8.10. The van der Waals surface area contributed by atoms with Gasteiger partial charge in [-0.1, -0.05) is 48.5 Å². The lowest BCUT2D eigenvalue weighted by atomic mass is 10.0. The summed E-state index contributed by atoms with van der Waals surface area (Å²) < 4.78 is 11.1. The van der Waals surface area contributed by atoms with Gasteiger partial charge in [0, 0.05) is 17.7 Å². The van der Waals surface area contributed by atoms with Gasteiger partial charge < -0.3 is 20.1 Å². The van der Waals surface area contributed by atoms with Crippen LogP contribution in [0.25, 0.3) is 10.8 Å². The lowest BCUT2D eigenvalue weighted by Gasteiger charge is -2.15. The van der Waals surface area contributed by atoms with E-state index in [1.165, 1.54) is 0 Å². The first kappa shape index (κ1) is 16.3. The van der Waals surface area contributed by atoms with Crippen LogP contribution in [0, 0.1) is 0 Å². The van der Waals surface area contributed by atoms with Gasteiger partial charge >= 0.3 is 6.03 Å². The molecule has 0 fully saturated rings. The molecule has 3 aromatic carbocycles. The van der Waals surface area contributed by atoms with Gasteiger partial charge in [0.15, 0.2) is 0 Å². The van der Waals surface area contributed by atoms with E-state index in [4.69, 9.17) is 9.47 Å². The first-order valence-electron chi connectivity index (χ1n) is 8.57. The first-order valence-corrected chi connectivity index (χ1v) is 8.57. The number of urea groups is 1. The van der Waals surface area contributed by atoms with Crippen LogP contribution in [-0.4, -0.2) is 19.7 Å². The van der Waals surface area contributed by atoms with Crippen LogP contribution in [0.2, 0.25) is 0 Å². The molecule has 2 N–H and O–H groups in total. The van der Waals surface area contributed by atoms with Crippen molar-refractivity contribution < 1.29 is 14.3 Å².